The van der Waals surface area contributed by atoms with Crippen molar-refractivity contribution >= 4 is 109 Å². The van der Waals surface area contributed by atoms with Crippen molar-refractivity contribution in [2.45, 2.75) is 128 Å². The molecule has 0 N–H and O–H groups in total. The number of fused-ring (bicyclic) bond motifs is 2. The van der Waals surface area contributed by atoms with E-state index in [9.17, 15) is 0 Å². The van der Waals surface area contributed by atoms with Crippen LogP contribution in [0.25, 0.3) is 41.1 Å². The Kier molecular flexibility index (Phi) is 15.1. The third-order valence-electron chi connectivity index (χ3n) is 12.5. The Hall–Kier alpha value is -2.19. The zero-order valence-electron chi connectivity index (χ0n) is 38.1. The second kappa shape index (κ2) is 19.0. The van der Waals surface area contributed by atoms with Crippen LogP contribution >= 0.6 is 61.8 Å². The van der Waals surface area contributed by atoms with Crippen LogP contribution < -0.4 is 5.46 Å². The molecule has 0 atom stereocenters. The summed E-state index contributed by atoms with van der Waals surface area (Å²) in [6, 6.07) is 38.5. The second-order valence-corrected chi connectivity index (χ2v) is 23.4. The van der Waals surface area contributed by atoms with Gasteiger partial charge >= 0.3 is 21.1 Å². The van der Waals surface area contributed by atoms with E-state index in [0.717, 1.165) is 9.94 Å². The average molecular weight is 978 g/mol. The van der Waals surface area contributed by atoms with E-state index in [1.807, 2.05) is 78.1 Å². The molecule has 0 radical (unpaired) electrons. The number of alkyl halides is 2. The van der Waals surface area contributed by atoms with Gasteiger partial charge in [0.05, 0.1) is 33.6 Å². The Labute approximate surface area is 396 Å². The molecule has 6 aromatic rings. The summed E-state index contributed by atoms with van der Waals surface area (Å²) in [6.45, 7) is 26.2. The standard InChI is InChI=1S/C20H21BO2S.C14H9BrS.C12H24B2O4.C2H4Cl2/c1-19(2)20(3,4)23-21(22-19)16-11-9-14(10-12-16)18-13-15-7-5-6-8-17(15)24-18;15-12-7-5-10(6-8-12)14-9-11-3-1-2-4-13(11)16-14;1-9(2)10(3,4)16-13(15-9)14-17-11(5,6)12(7,8)18-14;1-2(3)4/h5-13H,1-4H3;1-9H;1-8H3;2H,1H3. The van der Waals surface area contributed by atoms with Crippen molar-refractivity contribution in [1.82, 2.24) is 0 Å². The van der Waals surface area contributed by atoms with Gasteiger partial charge in [0.15, 0.2) is 0 Å². The number of benzene rings is 4. The third-order valence-corrected chi connectivity index (χ3v) is 15.3. The third kappa shape index (κ3) is 11.2. The van der Waals surface area contributed by atoms with Crippen LogP contribution in [0.15, 0.2) is 114 Å². The lowest BCUT2D eigenvalue weighted by atomic mass is 9.49. The van der Waals surface area contributed by atoms with Crippen LogP contribution in [-0.2, 0) is 27.9 Å². The van der Waals surface area contributed by atoms with Crippen LogP contribution in [0, 0.1) is 0 Å². The summed E-state index contributed by atoms with van der Waals surface area (Å²) in [7, 11) is -1.25. The molecular weight excluding hydrogens is 920 g/mol. The molecular formula is C48H58B3BrCl2O6S2. The lowest BCUT2D eigenvalue weighted by molar-refractivity contribution is 0.00578. The molecule has 0 spiro atoms. The molecule has 4 aromatic carbocycles. The highest BCUT2D eigenvalue weighted by atomic mass is 79.9. The summed E-state index contributed by atoms with van der Waals surface area (Å²) < 4.78 is 39.9. The fourth-order valence-electron chi connectivity index (χ4n) is 6.65. The van der Waals surface area contributed by atoms with Gasteiger partial charge in [-0.25, -0.2) is 0 Å². The van der Waals surface area contributed by atoms with Gasteiger partial charge in [-0.1, -0.05) is 88.7 Å². The molecule has 3 aliphatic rings. The van der Waals surface area contributed by atoms with Crippen molar-refractivity contribution in [2.75, 3.05) is 0 Å². The summed E-state index contributed by atoms with van der Waals surface area (Å²) in [5.41, 5.74) is 1.54. The second-order valence-electron chi connectivity index (χ2n) is 18.8. The first-order valence-electron chi connectivity index (χ1n) is 21.0. The SMILES string of the molecule is Brc1ccc(-c2cc3ccccc3s2)cc1.CC(Cl)Cl.CC1(C)OB(B2OC(C)(C)C(C)(C)O2)OC1(C)C.CC1(C)OB(c2ccc(-c3cc4ccccc4s3)cc2)OC1(C)C. The maximum absolute atomic E-state index is 6.12. The predicted molar refractivity (Wildman–Crippen MR) is 271 cm³/mol. The Morgan fingerprint density at radius 3 is 1.11 bits per heavy atom. The number of rotatable bonds is 4. The Bertz CT molecular complexity index is 2280. The minimum Gasteiger partial charge on any atom is -0.405 e. The maximum atomic E-state index is 6.12. The fourth-order valence-corrected chi connectivity index (χ4v) is 9.05. The molecule has 328 valence electrons. The molecule has 0 aliphatic carbocycles. The summed E-state index contributed by atoms with van der Waals surface area (Å²) >= 11 is 17.2. The van der Waals surface area contributed by atoms with E-state index >= 15 is 0 Å². The maximum Gasteiger partial charge on any atom is 0.494 e. The molecule has 3 saturated heterocycles. The Morgan fingerprint density at radius 1 is 0.468 bits per heavy atom. The molecule has 0 amide bonds. The minimum atomic E-state index is -0.476. The molecule has 0 bridgehead atoms. The number of hydrogen-bond acceptors (Lipinski definition) is 8. The summed E-state index contributed by atoms with van der Waals surface area (Å²) in [5.74, 6) is 0. The number of hydrogen-bond donors (Lipinski definition) is 0. The molecule has 9 rings (SSSR count). The number of thiophene rings is 2. The monoisotopic (exact) mass is 976 g/mol. The highest BCUT2D eigenvalue weighted by molar-refractivity contribution is 9.10. The van der Waals surface area contributed by atoms with Crippen LogP contribution in [0.2, 0.25) is 0 Å². The van der Waals surface area contributed by atoms with Gasteiger partial charge in [0.25, 0.3) is 0 Å². The Morgan fingerprint density at radius 2 is 0.774 bits per heavy atom. The largest absolute Gasteiger partial charge is 0.494 e. The topological polar surface area (TPSA) is 55.4 Å². The van der Waals surface area contributed by atoms with Crippen LogP contribution in [0.1, 0.15) is 90.0 Å². The molecule has 0 saturated carbocycles. The lowest BCUT2D eigenvalue weighted by Crippen LogP contribution is -2.41. The van der Waals surface area contributed by atoms with Crippen LogP contribution in [0.5, 0.6) is 0 Å². The normalized spacial score (nSPS) is 20.0. The van der Waals surface area contributed by atoms with Crippen molar-refractivity contribution in [1.29, 1.82) is 0 Å². The van der Waals surface area contributed by atoms with Crippen molar-refractivity contribution in [3.63, 3.8) is 0 Å². The fraction of sp³-hybridized carbons (Fsp3) is 0.417. The zero-order chi connectivity index (χ0) is 45.5. The molecule has 5 heterocycles. The van der Waals surface area contributed by atoms with Gasteiger partial charge in [-0.3, -0.25) is 0 Å². The predicted octanol–water partition coefficient (Wildman–Crippen LogP) is 14.3. The van der Waals surface area contributed by atoms with E-state index in [1.165, 1.54) is 41.1 Å². The van der Waals surface area contributed by atoms with E-state index in [1.54, 1.807) is 6.92 Å². The average Bonchev–Trinajstić information content (AvgIpc) is 3.95. The lowest BCUT2D eigenvalue weighted by Gasteiger charge is -2.32. The van der Waals surface area contributed by atoms with E-state index < -0.39 is 14.0 Å². The Balaban J connectivity index is 0.000000152. The van der Waals surface area contributed by atoms with Gasteiger partial charge in [0.1, 0.15) is 4.84 Å². The van der Waals surface area contributed by atoms with E-state index in [4.69, 9.17) is 51.1 Å². The van der Waals surface area contributed by atoms with Gasteiger partial charge in [-0.2, -0.15) is 0 Å². The van der Waals surface area contributed by atoms with E-state index in [0.29, 0.717) is 0 Å². The van der Waals surface area contributed by atoms with Gasteiger partial charge in [-0.15, -0.1) is 45.9 Å². The summed E-state index contributed by atoms with van der Waals surface area (Å²) in [4.78, 5) is 2.39. The first-order chi connectivity index (χ1) is 28.8. The first kappa shape index (κ1) is 49.3. The van der Waals surface area contributed by atoms with Gasteiger partial charge in [0, 0.05) is 23.6 Å². The first-order valence-corrected chi connectivity index (χ1v) is 24.3. The van der Waals surface area contributed by atoms with Crippen molar-refractivity contribution in [3.8, 4) is 20.9 Å². The van der Waals surface area contributed by atoms with E-state index in [-0.39, 0.29) is 45.6 Å². The molecule has 0 unspecified atom stereocenters. The van der Waals surface area contributed by atoms with Gasteiger partial charge < -0.3 is 27.9 Å². The minimum absolute atomic E-state index is 0.222. The van der Waals surface area contributed by atoms with Crippen LogP contribution in [0.4, 0.5) is 0 Å². The van der Waals surface area contributed by atoms with Crippen LogP contribution in [-0.4, -0.2) is 59.6 Å². The highest BCUT2D eigenvalue weighted by Crippen LogP contribution is 2.43. The summed E-state index contributed by atoms with van der Waals surface area (Å²) in [6.07, 6.45) is 0. The zero-order valence-corrected chi connectivity index (χ0v) is 42.8. The smallest absolute Gasteiger partial charge is 0.405 e. The molecule has 14 heteroatoms. The van der Waals surface area contributed by atoms with Crippen LogP contribution in [0.3, 0.4) is 0 Å². The highest BCUT2D eigenvalue weighted by Gasteiger charge is 2.63. The van der Waals surface area contributed by atoms with Crippen molar-refractivity contribution in [2.24, 2.45) is 0 Å². The van der Waals surface area contributed by atoms with E-state index in [2.05, 4.69) is 153 Å². The molecule has 2 aromatic heterocycles. The molecule has 6 nitrogen and oxygen atoms in total. The molecule has 3 aliphatic heterocycles. The van der Waals surface area contributed by atoms with Crippen molar-refractivity contribution < 1.29 is 27.9 Å². The molecule has 3 fully saturated rings. The van der Waals surface area contributed by atoms with Gasteiger partial charge in [0.2, 0.25) is 0 Å². The van der Waals surface area contributed by atoms with Gasteiger partial charge in [-0.05, 0) is 154 Å². The number of halogens is 3. The summed E-state index contributed by atoms with van der Waals surface area (Å²) in [5, 5.41) is 2.62. The molecule has 62 heavy (non-hydrogen) atoms. The van der Waals surface area contributed by atoms with Crippen molar-refractivity contribution in [3.05, 3.63) is 114 Å². The quantitative estimate of drug-likeness (QED) is 0.130.